The third-order valence-electron chi connectivity index (χ3n) is 10.1. The molecule has 302 valence electrons. The Bertz CT molecular complexity index is 1950. The number of nitrogens with zero attached hydrogens (tertiary/aromatic N) is 3. The first-order chi connectivity index (χ1) is 26.2. The van der Waals surface area contributed by atoms with E-state index in [0.717, 1.165) is 34.2 Å². The van der Waals surface area contributed by atoms with Crippen LogP contribution in [0.2, 0.25) is 4.34 Å². The first kappa shape index (κ1) is 43.8. The number of thiophene rings is 1. The van der Waals surface area contributed by atoms with Crippen LogP contribution >= 0.6 is 54.8 Å². The molecular weight excluding hydrogens is 922 g/mol. The first-order valence-electron chi connectivity index (χ1n) is 18.2. The van der Waals surface area contributed by atoms with Gasteiger partial charge in [-0.1, -0.05) is 54.8 Å². The van der Waals surface area contributed by atoms with Crippen LogP contribution in [-0.4, -0.2) is 87.3 Å². The Labute approximate surface area is 348 Å². The number of anilines is 1. The van der Waals surface area contributed by atoms with Gasteiger partial charge in [0.25, 0.3) is 10.0 Å². The number of carboxylic acid groups (broad SMARTS) is 1. The van der Waals surface area contributed by atoms with Crippen LogP contribution in [0.1, 0.15) is 63.4 Å². The standard InChI is InChI=1S/C36H46Br2ClN5O8S3/c37-28-12-7-18-40-34(28)43-19-16-27(11-6-10-25-14-20-44(21-15-25)55(50,51)32-22-29(38)33(39)53-32)31(23-43)54(48,49)42-30(35(45)46)13-4-5-17-41-36(47)52-24-26-8-2-1-3-9-26/h1-3,7-9,12,18,22,25,27,30-31,42H,4-6,10-11,13-17,19-21,23-24H2,(H,41,47)(H,45,46). The van der Waals surface area contributed by atoms with Gasteiger partial charge in [-0.25, -0.2) is 31.3 Å². The highest BCUT2D eigenvalue weighted by atomic mass is 79.9. The molecule has 13 nitrogen and oxygen atoms in total. The van der Waals surface area contributed by atoms with Gasteiger partial charge < -0.3 is 20.1 Å². The molecule has 19 heteroatoms. The van der Waals surface area contributed by atoms with Crippen molar-refractivity contribution in [2.24, 2.45) is 11.8 Å². The summed E-state index contributed by atoms with van der Waals surface area (Å²) in [6, 6.07) is 13.1. The number of hydrogen-bond donors (Lipinski definition) is 3. The second-order valence-electron chi connectivity index (χ2n) is 13.8. The van der Waals surface area contributed by atoms with E-state index in [4.69, 9.17) is 16.3 Å². The minimum atomic E-state index is -4.12. The lowest BCUT2D eigenvalue weighted by Gasteiger charge is -2.39. The van der Waals surface area contributed by atoms with E-state index in [0.29, 0.717) is 78.7 Å². The number of carbonyl (C=O) groups excluding carboxylic acids is 1. The van der Waals surface area contributed by atoms with Crippen LogP contribution in [0.3, 0.4) is 0 Å². The molecule has 2 fully saturated rings. The van der Waals surface area contributed by atoms with E-state index in [1.807, 2.05) is 41.3 Å². The van der Waals surface area contributed by atoms with Gasteiger partial charge in [-0.3, -0.25) is 4.79 Å². The SMILES string of the molecule is O=C(NCCCCC(NS(=O)(=O)C1CN(c2ncccc2Br)CCC1CCCC1CCN(S(=O)(=O)c2cc(Br)c(Cl)s2)CC1)C(=O)O)OCc1ccccc1. The topological polar surface area (TPSA) is 175 Å². The third-order valence-corrected chi connectivity index (χ3v) is 17.5. The minimum Gasteiger partial charge on any atom is -0.480 e. The van der Waals surface area contributed by atoms with Crippen LogP contribution in [0.5, 0.6) is 0 Å². The highest BCUT2D eigenvalue weighted by molar-refractivity contribution is 9.11. The molecule has 55 heavy (non-hydrogen) atoms. The van der Waals surface area contributed by atoms with Gasteiger partial charge >= 0.3 is 12.1 Å². The van der Waals surface area contributed by atoms with Gasteiger partial charge in [0.1, 0.15) is 27.0 Å². The predicted molar refractivity (Wildman–Crippen MR) is 220 cm³/mol. The van der Waals surface area contributed by atoms with Crippen molar-refractivity contribution in [3.05, 3.63) is 73.6 Å². The lowest BCUT2D eigenvalue weighted by atomic mass is 9.87. The van der Waals surface area contributed by atoms with Gasteiger partial charge in [0.05, 0.1) is 9.72 Å². The van der Waals surface area contributed by atoms with Crippen LogP contribution in [-0.2, 0) is 36.2 Å². The average molecular weight is 968 g/mol. The van der Waals surface area contributed by atoms with E-state index in [1.54, 1.807) is 12.3 Å². The zero-order valence-electron chi connectivity index (χ0n) is 30.1. The second kappa shape index (κ2) is 20.4. The Balaban J connectivity index is 1.14. The normalized spacial score (nSPS) is 19.2. The fraction of sp³-hybridized carbons (Fsp3) is 0.528. The Hall–Kier alpha value is -2.32. The summed E-state index contributed by atoms with van der Waals surface area (Å²) in [4.78, 5) is 30.8. The molecule has 3 unspecified atom stereocenters. The number of piperidine rings is 2. The molecule has 3 N–H and O–H groups in total. The smallest absolute Gasteiger partial charge is 0.407 e. The number of unbranched alkanes of at least 4 members (excludes halogenated alkanes) is 1. The molecule has 0 radical (unpaired) electrons. The minimum absolute atomic E-state index is 0.0490. The Kier molecular flexibility index (Phi) is 16.2. The number of ether oxygens (including phenoxy) is 1. The molecule has 2 aromatic heterocycles. The van der Waals surface area contributed by atoms with Gasteiger partial charge in [0.2, 0.25) is 10.0 Å². The third kappa shape index (κ3) is 12.3. The van der Waals surface area contributed by atoms with E-state index in [1.165, 1.54) is 10.4 Å². The van der Waals surface area contributed by atoms with E-state index in [9.17, 15) is 31.5 Å². The number of nitrogens with one attached hydrogen (secondary N) is 2. The quantitative estimate of drug-likeness (QED) is 0.110. The number of carboxylic acids is 1. The van der Waals surface area contributed by atoms with Crippen molar-refractivity contribution in [3.63, 3.8) is 0 Å². The van der Waals surface area contributed by atoms with E-state index in [-0.39, 0.29) is 36.2 Å². The predicted octanol–water partition coefficient (Wildman–Crippen LogP) is 7.26. The molecule has 0 saturated carbocycles. The highest BCUT2D eigenvalue weighted by Crippen LogP contribution is 2.38. The van der Waals surface area contributed by atoms with Crippen LogP contribution in [0, 0.1) is 11.8 Å². The van der Waals surface area contributed by atoms with Gasteiger partial charge in [-0.2, -0.15) is 4.31 Å². The van der Waals surface area contributed by atoms with Gasteiger partial charge in [0.15, 0.2) is 0 Å². The number of halogens is 3. The number of carbonyl (C=O) groups is 2. The molecule has 0 spiro atoms. The van der Waals surface area contributed by atoms with Crippen molar-refractivity contribution in [2.75, 3.05) is 37.6 Å². The Morgan fingerprint density at radius 1 is 0.982 bits per heavy atom. The van der Waals surface area contributed by atoms with Gasteiger partial charge in [-0.15, -0.1) is 11.3 Å². The number of amides is 1. The van der Waals surface area contributed by atoms with Crippen LogP contribution in [0.15, 0.2) is 67.9 Å². The van der Waals surface area contributed by atoms with Crippen molar-refractivity contribution in [1.82, 2.24) is 19.3 Å². The fourth-order valence-electron chi connectivity index (χ4n) is 7.09. The number of rotatable bonds is 18. The van der Waals surface area contributed by atoms with Gasteiger partial charge in [0, 0.05) is 43.4 Å². The lowest BCUT2D eigenvalue weighted by molar-refractivity contribution is -0.139. The summed E-state index contributed by atoms with van der Waals surface area (Å²) in [5.74, 6) is -0.554. The van der Waals surface area contributed by atoms with E-state index in [2.05, 4.69) is 46.9 Å². The van der Waals surface area contributed by atoms with Crippen LogP contribution < -0.4 is 14.9 Å². The molecule has 2 aliphatic heterocycles. The maximum Gasteiger partial charge on any atom is 0.407 e. The molecule has 1 amide bonds. The largest absolute Gasteiger partial charge is 0.480 e. The molecule has 1 aromatic carbocycles. The molecular formula is C36H46Br2ClN5O8S3. The first-order valence-corrected chi connectivity index (χ1v) is 24.0. The molecule has 0 aliphatic carbocycles. The average Bonchev–Trinajstić information content (AvgIpc) is 3.52. The fourth-order valence-corrected chi connectivity index (χ4v) is 13.5. The van der Waals surface area contributed by atoms with Crippen molar-refractivity contribution >= 4 is 92.7 Å². The number of pyridine rings is 1. The van der Waals surface area contributed by atoms with E-state index >= 15 is 0 Å². The number of aromatic nitrogens is 1. The summed E-state index contributed by atoms with van der Waals surface area (Å²) in [5, 5.41) is 11.8. The summed E-state index contributed by atoms with van der Waals surface area (Å²) < 4.78 is 65.7. The van der Waals surface area contributed by atoms with Crippen molar-refractivity contribution in [3.8, 4) is 0 Å². The summed E-state index contributed by atoms with van der Waals surface area (Å²) >= 11 is 14.0. The van der Waals surface area contributed by atoms with E-state index < -0.39 is 43.4 Å². The number of aliphatic carboxylic acids is 1. The molecule has 2 aliphatic rings. The molecule has 2 saturated heterocycles. The molecule has 5 rings (SSSR count). The summed E-state index contributed by atoms with van der Waals surface area (Å²) in [7, 11) is -7.75. The summed E-state index contributed by atoms with van der Waals surface area (Å²) in [6.45, 7) is 1.93. The summed E-state index contributed by atoms with van der Waals surface area (Å²) in [5.41, 5.74) is 0.853. The number of benzene rings is 1. The Morgan fingerprint density at radius 3 is 2.40 bits per heavy atom. The molecule has 3 aromatic rings. The van der Waals surface area contributed by atoms with Crippen LogP contribution in [0.25, 0.3) is 0 Å². The number of sulfonamides is 2. The molecule has 4 heterocycles. The van der Waals surface area contributed by atoms with Crippen molar-refractivity contribution < 1.29 is 36.3 Å². The van der Waals surface area contributed by atoms with Crippen LogP contribution in [0.4, 0.5) is 10.6 Å². The lowest BCUT2D eigenvalue weighted by Crippen LogP contribution is -2.54. The Morgan fingerprint density at radius 2 is 1.73 bits per heavy atom. The van der Waals surface area contributed by atoms with Crippen molar-refractivity contribution in [2.45, 2.75) is 79.9 Å². The highest BCUT2D eigenvalue weighted by Gasteiger charge is 2.41. The second-order valence-corrected chi connectivity index (χ2v) is 21.3. The van der Waals surface area contributed by atoms with Gasteiger partial charge in [-0.05, 0) is 112 Å². The van der Waals surface area contributed by atoms with Crippen molar-refractivity contribution in [1.29, 1.82) is 0 Å². The molecule has 0 bridgehead atoms. The summed E-state index contributed by atoms with van der Waals surface area (Å²) in [6.07, 6.45) is 6.13. The monoisotopic (exact) mass is 965 g/mol. The zero-order chi connectivity index (χ0) is 39.6. The molecule has 3 atom stereocenters. The number of hydrogen-bond acceptors (Lipinski definition) is 10. The zero-order valence-corrected chi connectivity index (χ0v) is 36.5. The maximum atomic E-state index is 14.1. The maximum absolute atomic E-state index is 14.1. The number of alkyl carbamates (subject to hydrolysis) is 1.